The minimum Gasteiger partial charge on any atom is -0.374 e. The second kappa shape index (κ2) is 9.55. The smallest absolute Gasteiger partial charge is 0.242 e. The number of carbonyl (C=O) groups is 2. The van der Waals surface area contributed by atoms with Crippen LogP contribution in [0.4, 0.5) is 11.4 Å². The summed E-state index contributed by atoms with van der Waals surface area (Å²) in [4.78, 5) is 24.0. The van der Waals surface area contributed by atoms with Crippen molar-refractivity contribution in [2.75, 3.05) is 10.6 Å². The largest absolute Gasteiger partial charge is 0.374 e. The summed E-state index contributed by atoms with van der Waals surface area (Å²) in [7, 11) is 0. The van der Waals surface area contributed by atoms with Crippen LogP contribution >= 0.6 is 0 Å². The first kappa shape index (κ1) is 20.1. The van der Waals surface area contributed by atoms with E-state index in [-0.39, 0.29) is 17.9 Å². The number of hydrogen-bond acceptors (Lipinski definition) is 3. The molecule has 5 nitrogen and oxygen atoms in total. The Morgan fingerprint density at radius 2 is 1.21 bits per heavy atom. The van der Waals surface area contributed by atoms with E-state index < -0.39 is 6.04 Å². The maximum absolute atomic E-state index is 12.9. The Bertz CT molecular complexity index is 901. The van der Waals surface area contributed by atoms with Crippen molar-refractivity contribution in [1.29, 1.82) is 0 Å². The molecular formula is C24H25N3O2. The van der Waals surface area contributed by atoms with E-state index in [2.05, 4.69) is 16.0 Å². The molecule has 0 unspecified atom stereocenters. The Kier molecular flexibility index (Phi) is 6.63. The summed E-state index contributed by atoms with van der Waals surface area (Å²) in [6.45, 7) is 3.29. The third-order valence-electron chi connectivity index (χ3n) is 4.53. The lowest BCUT2D eigenvalue weighted by atomic mass is 9.98. The number of carbonyl (C=O) groups excluding carboxylic acids is 2. The number of rotatable bonds is 7. The van der Waals surface area contributed by atoms with E-state index in [1.54, 1.807) is 12.1 Å². The van der Waals surface area contributed by atoms with Gasteiger partial charge in [0.2, 0.25) is 11.8 Å². The van der Waals surface area contributed by atoms with Gasteiger partial charge in [-0.15, -0.1) is 0 Å². The maximum Gasteiger partial charge on any atom is 0.242 e. The Morgan fingerprint density at radius 3 is 1.69 bits per heavy atom. The molecule has 0 bridgehead atoms. The quantitative estimate of drug-likeness (QED) is 0.564. The average Bonchev–Trinajstić information content (AvgIpc) is 2.74. The molecule has 0 aromatic heterocycles. The van der Waals surface area contributed by atoms with E-state index in [4.69, 9.17) is 0 Å². The van der Waals surface area contributed by atoms with Crippen LogP contribution < -0.4 is 16.0 Å². The highest BCUT2D eigenvalue weighted by Gasteiger charge is 2.20. The van der Waals surface area contributed by atoms with Crippen LogP contribution in [0.5, 0.6) is 0 Å². The minimum atomic E-state index is -0.434. The standard InChI is InChI=1S/C24H25N3O2/c1-17(25-21-13-15-22(16-14-21)26-18(2)28)24(29)27-23(19-9-5-3-6-10-19)20-11-7-4-8-12-20/h3-17,23,25H,1-2H3,(H,26,28)(H,27,29)/t17-/m0/s1. The van der Waals surface area contributed by atoms with E-state index in [9.17, 15) is 9.59 Å². The molecule has 0 aliphatic carbocycles. The second-order valence-electron chi connectivity index (χ2n) is 6.89. The van der Waals surface area contributed by atoms with Crippen LogP contribution in [0.1, 0.15) is 31.0 Å². The monoisotopic (exact) mass is 387 g/mol. The Labute approximate surface area is 171 Å². The molecule has 29 heavy (non-hydrogen) atoms. The lowest BCUT2D eigenvalue weighted by Crippen LogP contribution is -2.40. The fourth-order valence-corrected chi connectivity index (χ4v) is 3.09. The summed E-state index contributed by atoms with van der Waals surface area (Å²) in [5.74, 6) is -0.222. The van der Waals surface area contributed by atoms with Gasteiger partial charge in [-0.2, -0.15) is 0 Å². The summed E-state index contributed by atoms with van der Waals surface area (Å²) in [6.07, 6.45) is 0. The molecule has 0 aliphatic rings. The van der Waals surface area contributed by atoms with Gasteiger partial charge in [-0.3, -0.25) is 9.59 Å². The molecular weight excluding hydrogens is 362 g/mol. The highest BCUT2D eigenvalue weighted by atomic mass is 16.2. The fourth-order valence-electron chi connectivity index (χ4n) is 3.09. The van der Waals surface area contributed by atoms with Crippen LogP contribution in [0.25, 0.3) is 0 Å². The number of amides is 2. The molecule has 1 atom stereocenters. The van der Waals surface area contributed by atoms with Crippen LogP contribution in [0.15, 0.2) is 84.9 Å². The molecule has 3 aromatic rings. The van der Waals surface area contributed by atoms with Crippen LogP contribution in [0.3, 0.4) is 0 Å². The molecule has 0 heterocycles. The maximum atomic E-state index is 12.9. The molecule has 0 aliphatic heterocycles. The van der Waals surface area contributed by atoms with Gasteiger partial charge in [-0.1, -0.05) is 60.7 Å². The van der Waals surface area contributed by atoms with E-state index in [0.717, 1.165) is 16.8 Å². The summed E-state index contributed by atoms with van der Waals surface area (Å²) in [5.41, 5.74) is 3.57. The average molecular weight is 387 g/mol. The molecule has 5 heteroatoms. The molecule has 0 radical (unpaired) electrons. The third-order valence-corrected chi connectivity index (χ3v) is 4.53. The number of anilines is 2. The third kappa shape index (κ3) is 5.69. The lowest BCUT2D eigenvalue weighted by molar-refractivity contribution is -0.122. The van der Waals surface area contributed by atoms with Crippen molar-refractivity contribution >= 4 is 23.2 Å². The van der Waals surface area contributed by atoms with Crippen molar-refractivity contribution in [2.24, 2.45) is 0 Å². The van der Waals surface area contributed by atoms with Gasteiger partial charge in [0.05, 0.1) is 6.04 Å². The Hall–Kier alpha value is -3.60. The normalized spacial score (nSPS) is 11.6. The molecule has 3 aromatic carbocycles. The zero-order chi connectivity index (χ0) is 20.6. The van der Waals surface area contributed by atoms with Gasteiger partial charge in [0.25, 0.3) is 0 Å². The highest BCUT2D eigenvalue weighted by molar-refractivity contribution is 5.89. The summed E-state index contributed by atoms with van der Waals surface area (Å²) < 4.78 is 0. The number of hydrogen-bond donors (Lipinski definition) is 3. The van der Waals surface area contributed by atoms with E-state index in [1.807, 2.05) is 79.7 Å². The van der Waals surface area contributed by atoms with Crippen LogP contribution in [0.2, 0.25) is 0 Å². The summed E-state index contributed by atoms with van der Waals surface area (Å²) in [6, 6.07) is 26.4. The van der Waals surface area contributed by atoms with Gasteiger partial charge < -0.3 is 16.0 Å². The lowest BCUT2D eigenvalue weighted by Gasteiger charge is -2.23. The molecule has 2 amide bonds. The van der Waals surface area contributed by atoms with Crippen molar-refractivity contribution < 1.29 is 9.59 Å². The first-order valence-corrected chi connectivity index (χ1v) is 9.57. The molecule has 0 saturated heterocycles. The molecule has 148 valence electrons. The number of benzene rings is 3. The minimum absolute atomic E-state index is 0.103. The first-order valence-electron chi connectivity index (χ1n) is 9.57. The first-order chi connectivity index (χ1) is 14.0. The predicted octanol–water partition coefficient (Wildman–Crippen LogP) is 4.35. The zero-order valence-corrected chi connectivity index (χ0v) is 16.6. The molecule has 3 rings (SSSR count). The highest BCUT2D eigenvalue weighted by Crippen LogP contribution is 2.22. The molecule has 0 spiro atoms. The van der Waals surface area contributed by atoms with Crippen molar-refractivity contribution in [3.63, 3.8) is 0 Å². The van der Waals surface area contributed by atoms with Gasteiger partial charge in [-0.05, 0) is 42.3 Å². The van der Waals surface area contributed by atoms with Crippen molar-refractivity contribution in [3.8, 4) is 0 Å². The van der Waals surface area contributed by atoms with Gasteiger partial charge in [-0.25, -0.2) is 0 Å². The van der Waals surface area contributed by atoms with Crippen LogP contribution in [-0.4, -0.2) is 17.9 Å². The SMILES string of the molecule is CC(=O)Nc1ccc(N[C@@H](C)C(=O)NC(c2ccccc2)c2ccccc2)cc1. The van der Waals surface area contributed by atoms with E-state index in [1.165, 1.54) is 6.92 Å². The van der Waals surface area contributed by atoms with Crippen LogP contribution in [-0.2, 0) is 9.59 Å². The number of nitrogens with one attached hydrogen (secondary N) is 3. The summed E-state index contributed by atoms with van der Waals surface area (Å²) in [5, 5.41) is 9.08. The Balaban J connectivity index is 1.70. The molecule has 0 fully saturated rings. The molecule has 3 N–H and O–H groups in total. The molecule has 0 saturated carbocycles. The Morgan fingerprint density at radius 1 is 0.724 bits per heavy atom. The fraction of sp³-hybridized carbons (Fsp3) is 0.167. The van der Waals surface area contributed by atoms with Gasteiger partial charge >= 0.3 is 0 Å². The predicted molar refractivity (Wildman–Crippen MR) is 117 cm³/mol. The van der Waals surface area contributed by atoms with Crippen LogP contribution in [0, 0.1) is 0 Å². The van der Waals surface area contributed by atoms with E-state index >= 15 is 0 Å². The van der Waals surface area contributed by atoms with E-state index in [0.29, 0.717) is 5.69 Å². The van der Waals surface area contributed by atoms with Gasteiger partial charge in [0.15, 0.2) is 0 Å². The zero-order valence-electron chi connectivity index (χ0n) is 16.6. The summed E-state index contributed by atoms with van der Waals surface area (Å²) >= 11 is 0. The topological polar surface area (TPSA) is 70.2 Å². The van der Waals surface area contributed by atoms with Crippen molar-refractivity contribution in [2.45, 2.75) is 25.9 Å². The van der Waals surface area contributed by atoms with Crippen molar-refractivity contribution in [1.82, 2.24) is 5.32 Å². The second-order valence-corrected chi connectivity index (χ2v) is 6.89. The van der Waals surface area contributed by atoms with Crippen molar-refractivity contribution in [3.05, 3.63) is 96.1 Å². The van der Waals surface area contributed by atoms with Gasteiger partial charge in [0.1, 0.15) is 6.04 Å². The van der Waals surface area contributed by atoms with Gasteiger partial charge in [0, 0.05) is 18.3 Å².